The lowest BCUT2D eigenvalue weighted by atomic mass is 10.1. The fourth-order valence-corrected chi connectivity index (χ4v) is 3.21. The van der Waals surface area contributed by atoms with Crippen LogP contribution in [0.4, 0.5) is 0 Å². The van der Waals surface area contributed by atoms with Gasteiger partial charge in [-0.15, -0.1) is 0 Å². The van der Waals surface area contributed by atoms with Crippen molar-refractivity contribution in [1.29, 1.82) is 0 Å². The molecule has 0 saturated heterocycles. The number of nitrogens with zero attached hydrogens (tertiary/aromatic N) is 2. The van der Waals surface area contributed by atoms with Gasteiger partial charge >= 0.3 is 0 Å². The van der Waals surface area contributed by atoms with Crippen LogP contribution in [0.2, 0.25) is 0 Å². The van der Waals surface area contributed by atoms with Crippen molar-refractivity contribution in [3.05, 3.63) is 42.5 Å². The van der Waals surface area contributed by atoms with Gasteiger partial charge in [0.25, 0.3) is 5.91 Å². The number of ether oxygens (including phenoxy) is 2. The SMILES string of the molecule is CC#CC#CC#CC#CC#COc1cccc(OCCCCCCCCCC)c1C(=O)n1ccnc1. The van der Waals surface area contributed by atoms with E-state index in [0.29, 0.717) is 12.4 Å². The molecular formula is C31H30N2O3. The molecule has 0 spiro atoms. The molecular weight excluding hydrogens is 448 g/mol. The van der Waals surface area contributed by atoms with Crippen LogP contribution in [-0.4, -0.2) is 22.1 Å². The molecule has 1 aromatic carbocycles. The highest BCUT2D eigenvalue weighted by Crippen LogP contribution is 2.30. The van der Waals surface area contributed by atoms with Crippen molar-refractivity contribution in [1.82, 2.24) is 9.55 Å². The van der Waals surface area contributed by atoms with E-state index in [1.807, 2.05) is 0 Å². The van der Waals surface area contributed by atoms with Crippen molar-refractivity contribution >= 4 is 5.91 Å². The molecule has 2 rings (SSSR count). The monoisotopic (exact) mass is 478 g/mol. The Kier molecular flexibility index (Phi) is 13.8. The number of hydrogen-bond donors (Lipinski definition) is 0. The Hall–Kier alpha value is -4.50. The molecule has 36 heavy (non-hydrogen) atoms. The van der Waals surface area contributed by atoms with Crippen molar-refractivity contribution in [2.24, 2.45) is 0 Å². The van der Waals surface area contributed by atoms with Crippen LogP contribution in [0, 0.1) is 59.4 Å². The van der Waals surface area contributed by atoms with Crippen LogP contribution < -0.4 is 9.47 Å². The Bertz CT molecular complexity index is 1280. The minimum atomic E-state index is -0.318. The van der Waals surface area contributed by atoms with Gasteiger partial charge in [-0.3, -0.25) is 9.36 Å². The Balaban J connectivity index is 2.03. The maximum atomic E-state index is 13.1. The highest BCUT2D eigenvalue weighted by atomic mass is 16.5. The Labute approximate surface area is 215 Å². The van der Waals surface area contributed by atoms with Crippen LogP contribution >= 0.6 is 0 Å². The summed E-state index contributed by atoms with van der Waals surface area (Å²) >= 11 is 0. The minimum Gasteiger partial charge on any atom is -0.493 e. The smallest absolute Gasteiger partial charge is 0.270 e. The van der Waals surface area contributed by atoms with E-state index in [0.717, 1.165) is 12.8 Å². The van der Waals surface area contributed by atoms with Gasteiger partial charge in [0.15, 0.2) is 5.75 Å². The lowest BCUT2D eigenvalue weighted by Gasteiger charge is -2.13. The van der Waals surface area contributed by atoms with Gasteiger partial charge in [-0.1, -0.05) is 63.9 Å². The number of aromatic nitrogens is 2. The fraction of sp³-hybridized carbons (Fsp3) is 0.355. The molecule has 5 heteroatoms. The number of imidazole rings is 1. The van der Waals surface area contributed by atoms with Crippen LogP contribution in [0.15, 0.2) is 36.9 Å². The van der Waals surface area contributed by atoms with Crippen molar-refractivity contribution in [3.8, 4) is 70.9 Å². The van der Waals surface area contributed by atoms with Gasteiger partial charge in [0.05, 0.1) is 6.61 Å². The van der Waals surface area contributed by atoms with Gasteiger partial charge in [-0.2, -0.15) is 0 Å². The Morgan fingerprint density at radius 1 is 0.861 bits per heavy atom. The topological polar surface area (TPSA) is 53.4 Å². The van der Waals surface area contributed by atoms with E-state index in [1.165, 1.54) is 55.6 Å². The second-order valence-electron chi connectivity index (χ2n) is 7.68. The third kappa shape index (κ3) is 10.6. The first kappa shape index (κ1) is 27.7. The van der Waals surface area contributed by atoms with E-state index in [9.17, 15) is 4.79 Å². The summed E-state index contributed by atoms with van der Waals surface area (Å²) in [5.41, 5.74) is 0.282. The lowest BCUT2D eigenvalue weighted by Crippen LogP contribution is -2.14. The molecule has 0 radical (unpaired) electrons. The third-order valence-corrected chi connectivity index (χ3v) is 4.97. The summed E-state index contributed by atoms with van der Waals surface area (Å²) < 4.78 is 12.9. The van der Waals surface area contributed by atoms with E-state index in [1.54, 1.807) is 31.3 Å². The maximum Gasteiger partial charge on any atom is 0.270 e. The fourth-order valence-electron chi connectivity index (χ4n) is 3.21. The van der Waals surface area contributed by atoms with E-state index in [4.69, 9.17) is 9.47 Å². The van der Waals surface area contributed by atoms with E-state index in [2.05, 4.69) is 71.3 Å². The van der Waals surface area contributed by atoms with Gasteiger partial charge < -0.3 is 9.47 Å². The molecule has 0 unspecified atom stereocenters. The predicted molar refractivity (Wildman–Crippen MR) is 142 cm³/mol. The Morgan fingerprint density at radius 2 is 1.50 bits per heavy atom. The molecule has 1 aromatic heterocycles. The largest absolute Gasteiger partial charge is 0.493 e. The normalized spacial score (nSPS) is 8.83. The molecule has 0 aliphatic rings. The summed E-state index contributed by atoms with van der Waals surface area (Å²) in [5.74, 6) is 23.6. The summed E-state index contributed by atoms with van der Waals surface area (Å²) in [5, 5.41) is 0. The summed E-state index contributed by atoms with van der Waals surface area (Å²) in [6, 6.07) is 5.19. The average molecular weight is 479 g/mol. The molecule has 182 valence electrons. The molecule has 0 fully saturated rings. The Morgan fingerprint density at radius 3 is 2.17 bits per heavy atom. The minimum absolute atomic E-state index is 0.282. The number of benzene rings is 1. The summed E-state index contributed by atoms with van der Waals surface area (Å²) in [6.45, 7) is 4.44. The molecule has 0 bridgehead atoms. The number of carbonyl (C=O) groups is 1. The van der Waals surface area contributed by atoms with E-state index in [-0.39, 0.29) is 17.2 Å². The van der Waals surface area contributed by atoms with Gasteiger partial charge in [0.2, 0.25) is 0 Å². The molecule has 2 aromatic rings. The van der Waals surface area contributed by atoms with Crippen molar-refractivity contribution in [2.75, 3.05) is 6.61 Å². The number of hydrogen-bond acceptors (Lipinski definition) is 4. The van der Waals surface area contributed by atoms with Crippen molar-refractivity contribution < 1.29 is 14.3 Å². The average Bonchev–Trinajstić information content (AvgIpc) is 3.44. The first-order valence-corrected chi connectivity index (χ1v) is 12.1. The van der Waals surface area contributed by atoms with Gasteiger partial charge in [0.1, 0.15) is 23.7 Å². The number of rotatable bonds is 12. The molecule has 0 saturated carbocycles. The van der Waals surface area contributed by atoms with Crippen LogP contribution in [0.5, 0.6) is 11.5 Å². The predicted octanol–water partition coefficient (Wildman–Crippen LogP) is 5.46. The van der Waals surface area contributed by atoms with Gasteiger partial charge in [0, 0.05) is 36.1 Å². The van der Waals surface area contributed by atoms with Gasteiger partial charge in [-0.25, -0.2) is 4.98 Å². The maximum absolute atomic E-state index is 13.1. The molecule has 0 aliphatic carbocycles. The van der Waals surface area contributed by atoms with Crippen LogP contribution in [-0.2, 0) is 0 Å². The van der Waals surface area contributed by atoms with Crippen molar-refractivity contribution in [2.45, 2.75) is 65.2 Å². The van der Waals surface area contributed by atoms with E-state index < -0.39 is 0 Å². The number of unbranched alkanes of at least 4 members (excludes halogenated alkanes) is 7. The highest BCUT2D eigenvalue weighted by Gasteiger charge is 2.20. The molecule has 0 atom stereocenters. The zero-order valence-electron chi connectivity index (χ0n) is 20.9. The van der Waals surface area contributed by atoms with Crippen molar-refractivity contribution in [3.63, 3.8) is 0 Å². The molecule has 0 amide bonds. The first-order chi connectivity index (χ1) is 17.8. The van der Waals surface area contributed by atoms with Gasteiger partial charge in [-0.05, 0) is 49.2 Å². The highest BCUT2D eigenvalue weighted by molar-refractivity contribution is 6.01. The van der Waals surface area contributed by atoms with Crippen LogP contribution in [0.1, 0.15) is 75.6 Å². The standard InChI is InChI=1S/C31H30N2O3/c1-3-5-7-9-11-13-15-17-19-26-36-29-22-20-21-28(30(29)31(34)33-24-23-32-27-33)35-25-18-16-14-12-10-8-6-4-2/h20-24,27H,4,6,8,10,12,14,16,18,25H2,1-2H3. The zero-order valence-corrected chi connectivity index (χ0v) is 20.9. The molecule has 0 N–H and O–H groups in total. The molecule has 0 aliphatic heterocycles. The lowest BCUT2D eigenvalue weighted by molar-refractivity contribution is 0.0953. The van der Waals surface area contributed by atoms with E-state index >= 15 is 0 Å². The second-order valence-corrected chi connectivity index (χ2v) is 7.68. The zero-order chi connectivity index (χ0) is 25.7. The number of carbonyl (C=O) groups excluding carboxylic acids is 1. The summed E-state index contributed by atoms with van der Waals surface area (Å²) in [7, 11) is 0. The van der Waals surface area contributed by atoms with Crippen LogP contribution in [0.3, 0.4) is 0 Å². The molecule has 5 nitrogen and oxygen atoms in total. The third-order valence-electron chi connectivity index (χ3n) is 4.97. The second kappa shape index (κ2) is 17.9. The van der Waals surface area contributed by atoms with Crippen LogP contribution in [0.25, 0.3) is 0 Å². The quantitative estimate of drug-likeness (QED) is 0.300. The first-order valence-electron chi connectivity index (χ1n) is 12.1. The summed E-state index contributed by atoms with van der Waals surface area (Å²) in [6.07, 6.45) is 16.7. The molecule has 1 heterocycles. The summed E-state index contributed by atoms with van der Waals surface area (Å²) in [4.78, 5) is 17.1.